The van der Waals surface area contributed by atoms with Gasteiger partial charge in [-0.3, -0.25) is 0 Å². The number of ether oxygens (including phenoxy) is 3. The zero-order valence-corrected chi connectivity index (χ0v) is 13.3. The average Bonchev–Trinajstić information content (AvgIpc) is 2.44. The third-order valence-electron chi connectivity index (χ3n) is 3.06. The first kappa shape index (κ1) is 17.9. The van der Waals surface area contributed by atoms with Gasteiger partial charge in [0.25, 0.3) is 0 Å². The number of nitrogens with two attached hydrogens (primary N) is 1. The molecule has 2 unspecified atom stereocenters. The summed E-state index contributed by atoms with van der Waals surface area (Å²) >= 11 is 0. The van der Waals surface area contributed by atoms with E-state index in [1.54, 1.807) is 7.11 Å². The molecule has 0 radical (unpaired) electrons. The molecule has 5 heteroatoms. The van der Waals surface area contributed by atoms with Gasteiger partial charge in [0.1, 0.15) is 18.5 Å². The van der Waals surface area contributed by atoms with Crippen molar-refractivity contribution >= 4 is 0 Å². The summed E-state index contributed by atoms with van der Waals surface area (Å²) in [5, 5.41) is 9.89. The first-order chi connectivity index (χ1) is 9.93. The molecule has 0 aliphatic carbocycles. The lowest BCUT2D eigenvalue weighted by molar-refractivity contribution is -0.0423. The number of aryl methyl sites for hydroxylation is 1. The summed E-state index contributed by atoms with van der Waals surface area (Å²) < 4.78 is 16.1. The average molecular weight is 297 g/mol. The Hall–Kier alpha value is -1.14. The highest BCUT2D eigenvalue weighted by molar-refractivity contribution is 5.38. The molecule has 5 nitrogen and oxygen atoms in total. The van der Waals surface area contributed by atoms with E-state index in [1.807, 2.05) is 39.0 Å². The molecule has 0 fully saturated rings. The topological polar surface area (TPSA) is 73.9 Å². The molecular formula is C16H27NO4. The van der Waals surface area contributed by atoms with Crippen LogP contribution in [0.3, 0.4) is 0 Å². The smallest absolute Gasteiger partial charge is 0.124 e. The van der Waals surface area contributed by atoms with Crippen LogP contribution in [0.25, 0.3) is 0 Å². The summed E-state index contributed by atoms with van der Waals surface area (Å²) in [6.07, 6.45) is -0.741. The number of aliphatic hydroxyl groups is 1. The van der Waals surface area contributed by atoms with Gasteiger partial charge in [0.2, 0.25) is 0 Å². The van der Waals surface area contributed by atoms with Gasteiger partial charge in [-0.15, -0.1) is 0 Å². The maximum atomic E-state index is 9.89. The lowest BCUT2D eigenvalue weighted by Gasteiger charge is -2.18. The molecule has 0 spiro atoms. The van der Waals surface area contributed by atoms with E-state index in [4.69, 9.17) is 19.9 Å². The molecule has 0 bridgehead atoms. The van der Waals surface area contributed by atoms with E-state index in [-0.39, 0.29) is 25.4 Å². The number of methoxy groups -OCH3 is 1. The zero-order chi connectivity index (χ0) is 15.8. The van der Waals surface area contributed by atoms with Crippen molar-refractivity contribution in [2.45, 2.75) is 39.0 Å². The van der Waals surface area contributed by atoms with Crippen LogP contribution in [-0.2, 0) is 9.47 Å². The van der Waals surface area contributed by atoms with Crippen LogP contribution in [0.4, 0.5) is 0 Å². The molecule has 0 saturated carbocycles. The van der Waals surface area contributed by atoms with Crippen LogP contribution < -0.4 is 10.5 Å². The van der Waals surface area contributed by atoms with Crippen LogP contribution in [-0.4, -0.2) is 44.2 Å². The lowest BCUT2D eigenvalue weighted by atomic mass is 10.1. The minimum Gasteiger partial charge on any atom is -0.490 e. The number of rotatable bonds is 9. The Labute approximate surface area is 127 Å². The van der Waals surface area contributed by atoms with Crippen molar-refractivity contribution in [3.63, 3.8) is 0 Å². The minimum atomic E-state index is -0.688. The van der Waals surface area contributed by atoms with Gasteiger partial charge < -0.3 is 25.1 Å². The summed E-state index contributed by atoms with van der Waals surface area (Å²) in [5.41, 5.74) is 8.01. The highest BCUT2D eigenvalue weighted by Gasteiger charge is 2.12. The summed E-state index contributed by atoms with van der Waals surface area (Å²) in [5.74, 6) is 0.708. The maximum Gasteiger partial charge on any atom is 0.124 e. The second kappa shape index (κ2) is 9.00. The predicted molar refractivity (Wildman–Crippen MR) is 82.6 cm³/mol. The summed E-state index contributed by atoms with van der Waals surface area (Å²) in [7, 11) is 1.62. The molecule has 3 N–H and O–H groups in total. The predicted octanol–water partition coefficient (Wildman–Crippen LogP) is 1.81. The van der Waals surface area contributed by atoms with Crippen molar-refractivity contribution in [2.24, 2.45) is 5.73 Å². The fraction of sp³-hybridized carbons (Fsp3) is 0.625. The largest absolute Gasteiger partial charge is 0.490 e. The highest BCUT2D eigenvalue weighted by atomic mass is 16.5. The van der Waals surface area contributed by atoms with E-state index in [2.05, 4.69) is 0 Å². The molecule has 0 amide bonds. The molecule has 1 rings (SSSR count). The molecule has 0 heterocycles. The molecule has 120 valence electrons. The molecule has 1 aromatic carbocycles. The van der Waals surface area contributed by atoms with Gasteiger partial charge in [0.05, 0.1) is 19.3 Å². The standard InChI is InChI=1S/C16H27NO4/c1-11-5-6-16(15(7-11)13(3)17)21-10-14(18)9-20-12(2)8-19-4/h5-7,12-14,18H,8-10,17H2,1-4H3/t12?,13-,14?/m1/s1. The van der Waals surface area contributed by atoms with Gasteiger partial charge >= 0.3 is 0 Å². The van der Waals surface area contributed by atoms with Crippen LogP contribution in [0, 0.1) is 6.92 Å². The van der Waals surface area contributed by atoms with E-state index in [1.165, 1.54) is 0 Å². The summed E-state index contributed by atoms with van der Waals surface area (Å²) in [6, 6.07) is 5.73. The summed E-state index contributed by atoms with van der Waals surface area (Å²) in [4.78, 5) is 0. The van der Waals surface area contributed by atoms with E-state index >= 15 is 0 Å². The minimum absolute atomic E-state index is 0.0522. The van der Waals surface area contributed by atoms with E-state index in [9.17, 15) is 5.11 Å². The van der Waals surface area contributed by atoms with Crippen LogP contribution >= 0.6 is 0 Å². The maximum absolute atomic E-state index is 9.89. The van der Waals surface area contributed by atoms with Crippen LogP contribution in [0.5, 0.6) is 5.75 Å². The number of aliphatic hydroxyl groups excluding tert-OH is 1. The van der Waals surface area contributed by atoms with Crippen molar-refractivity contribution < 1.29 is 19.3 Å². The SMILES string of the molecule is COCC(C)OCC(O)COc1ccc(C)cc1[C@@H](C)N. The molecule has 1 aromatic rings. The second-order valence-corrected chi connectivity index (χ2v) is 5.39. The highest BCUT2D eigenvalue weighted by Crippen LogP contribution is 2.25. The Balaban J connectivity index is 2.47. The van der Waals surface area contributed by atoms with Crippen LogP contribution in [0.1, 0.15) is 31.0 Å². The van der Waals surface area contributed by atoms with Gasteiger partial charge in [-0.05, 0) is 26.8 Å². The third-order valence-corrected chi connectivity index (χ3v) is 3.06. The molecule has 21 heavy (non-hydrogen) atoms. The first-order valence-corrected chi connectivity index (χ1v) is 7.21. The second-order valence-electron chi connectivity index (χ2n) is 5.39. The Morgan fingerprint density at radius 1 is 1.19 bits per heavy atom. The summed E-state index contributed by atoms with van der Waals surface area (Å²) in [6.45, 7) is 6.70. The van der Waals surface area contributed by atoms with E-state index in [0.29, 0.717) is 12.4 Å². The molecular weight excluding hydrogens is 270 g/mol. The monoisotopic (exact) mass is 297 g/mol. The third kappa shape index (κ3) is 6.44. The molecule has 0 aliphatic heterocycles. The number of benzene rings is 1. The van der Waals surface area contributed by atoms with Crippen molar-refractivity contribution in [1.29, 1.82) is 0 Å². The molecule has 0 aliphatic rings. The molecule has 0 aromatic heterocycles. The number of hydrogen-bond donors (Lipinski definition) is 2. The molecule has 0 saturated heterocycles. The van der Waals surface area contributed by atoms with Crippen LogP contribution in [0.2, 0.25) is 0 Å². The molecule has 3 atom stereocenters. The van der Waals surface area contributed by atoms with Gasteiger partial charge in [-0.2, -0.15) is 0 Å². The first-order valence-electron chi connectivity index (χ1n) is 7.21. The number of hydrogen-bond acceptors (Lipinski definition) is 5. The van der Waals surface area contributed by atoms with Crippen molar-refractivity contribution in [3.05, 3.63) is 29.3 Å². The Kier molecular flexibility index (Phi) is 7.67. The zero-order valence-electron chi connectivity index (χ0n) is 13.3. The fourth-order valence-corrected chi connectivity index (χ4v) is 1.95. The normalized spacial score (nSPS) is 15.5. The van der Waals surface area contributed by atoms with Crippen LogP contribution in [0.15, 0.2) is 18.2 Å². The lowest BCUT2D eigenvalue weighted by Crippen LogP contribution is -2.27. The van der Waals surface area contributed by atoms with Gasteiger partial charge in [0.15, 0.2) is 0 Å². The van der Waals surface area contributed by atoms with Crippen molar-refractivity contribution in [3.8, 4) is 5.75 Å². The van der Waals surface area contributed by atoms with E-state index < -0.39 is 6.10 Å². The van der Waals surface area contributed by atoms with Crippen molar-refractivity contribution in [1.82, 2.24) is 0 Å². The van der Waals surface area contributed by atoms with Gasteiger partial charge in [0, 0.05) is 18.7 Å². The fourth-order valence-electron chi connectivity index (χ4n) is 1.95. The Bertz CT molecular complexity index is 423. The Morgan fingerprint density at radius 2 is 1.90 bits per heavy atom. The van der Waals surface area contributed by atoms with Crippen molar-refractivity contribution in [2.75, 3.05) is 26.9 Å². The van der Waals surface area contributed by atoms with Gasteiger partial charge in [-0.1, -0.05) is 17.7 Å². The van der Waals surface area contributed by atoms with E-state index in [0.717, 1.165) is 11.1 Å². The quantitative estimate of drug-likeness (QED) is 0.727. The Morgan fingerprint density at radius 3 is 2.52 bits per heavy atom. The van der Waals surface area contributed by atoms with Gasteiger partial charge in [-0.25, -0.2) is 0 Å².